The van der Waals surface area contributed by atoms with Crippen LogP contribution in [-0.4, -0.2) is 93.2 Å². The first kappa shape index (κ1) is 30.3. The number of benzene rings is 1. The molecule has 14 heteroatoms. The molecule has 0 aromatic heterocycles. The lowest BCUT2D eigenvalue weighted by molar-refractivity contribution is -0.224. The molecule has 0 radical (unpaired) electrons. The van der Waals surface area contributed by atoms with Gasteiger partial charge in [-0.3, -0.25) is 0 Å². The summed E-state index contributed by atoms with van der Waals surface area (Å²) in [5, 5.41) is 0. The normalized spacial score (nSPS) is 67.5. The van der Waals surface area contributed by atoms with Crippen LogP contribution < -0.4 is 9.47 Å². The number of hydrogen-bond donors (Lipinski definition) is 0. The van der Waals surface area contributed by atoms with E-state index in [1.165, 1.54) is 0 Å². The fourth-order valence-electron chi connectivity index (χ4n) is 18.1. The predicted molar refractivity (Wildman–Crippen MR) is 181 cm³/mol. The van der Waals surface area contributed by atoms with Gasteiger partial charge in [0.2, 0.25) is 11.6 Å². The number of methoxy groups -OCH3 is 6. The summed E-state index contributed by atoms with van der Waals surface area (Å²) in [5.74, 6) is -2.49. The first-order chi connectivity index (χ1) is 22.6. The zero-order valence-corrected chi connectivity index (χ0v) is 32.4. The van der Waals surface area contributed by atoms with E-state index in [1.807, 2.05) is 0 Å². The minimum atomic E-state index is -1.40. The molecule has 20 atom stereocenters. The van der Waals surface area contributed by atoms with Crippen LogP contribution in [0.25, 0.3) is 0 Å². The van der Waals surface area contributed by atoms with Crippen LogP contribution in [0.5, 0.6) is 11.5 Å². The summed E-state index contributed by atoms with van der Waals surface area (Å²) in [6, 6.07) is 0. The molecule has 6 nitrogen and oxygen atoms in total. The summed E-state index contributed by atoms with van der Waals surface area (Å²) in [4.78, 5) is -8.99. The van der Waals surface area contributed by atoms with Crippen molar-refractivity contribution in [1.29, 1.82) is 0 Å². The standard InChI is InChI=1S/C34H30Cl8O6/c1-43-23-7-9(13-17-15-11(7)19-21(13)31(41)27(17,37)25(15,35)29(19,39)33(31,45-3)46-4)24(44-2)10-8(23)12-16-18-14(10)22-20(12)30(40)26(16,36)28(18,38)32(22,42)34(30,47-5)48-6/h11-22H,1-6H3/t11-,12+,13+,14-,15-,16-,17+,18-,19+,20-,21-,22+,25-,26-,27-,28+,29+,30-,31-,32+/m1/s1. The van der Waals surface area contributed by atoms with E-state index in [-0.39, 0.29) is 71.0 Å². The van der Waals surface area contributed by atoms with E-state index in [9.17, 15) is 0 Å². The topological polar surface area (TPSA) is 55.4 Å². The Morgan fingerprint density at radius 2 is 0.521 bits per heavy atom. The van der Waals surface area contributed by atoms with Crippen LogP contribution in [0.1, 0.15) is 45.9 Å². The van der Waals surface area contributed by atoms with Gasteiger partial charge in [-0.1, -0.05) is 0 Å². The van der Waals surface area contributed by atoms with Gasteiger partial charge >= 0.3 is 0 Å². The summed E-state index contributed by atoms with van der Waals surface area (Å²) in [5.41, 5.74) is 4.37. The molecular weight excluding hydrogens is 788 g/mol. The third kappa shape index (κ3) is 1.68. The van der Waals surface area contributed by atoms with Crippen molar-refractivity contribution in [2.75, 3.05) is 42.7 Å². The molecule has 0 saturated heterocycles. The zero-order valence-electron chi connectivity index (χ0n) is 26.4. The van der Waals surface area contributed by atoms with E-state index in [1.54, 1.807) is 42.7 Å². The second kappa shape index (κ2) is 7.24. The van der Waals surface area contributed by atoms with Gasteiger partial charge in [0, 0.05) is 50.7 Å². The molecule has 0 spiro atoms. The van der Waals surface area contributed by atoms with E-state index >= 15 is 0 Å². The van der Waals surface area contributed by atoms with Crippen molar-refractivity contribution < 1.29 is 28.4 Å². The number of alkyl halides is 8. The van der Waals surface area contributed by atoms with Crippen molar-refractivity contribution in [1.82, 2.24) is 0 Å². The van der Waals surface area contributed by atoms with Crippen LogP contribution in [0.4, 0.5) is 0 Å². The molecule has 15 rings (SSSR count). The number of hydrogen-bond acceptors (Lipinski definition) is 6. The molecule has 0 unspecified atom stereocenters. The van der Waals surface area contributed by atoms with Crippen LogP contribution in [0.15, 0.2) is 0 Å². The molecule has 14 aliphatic carbocycles. The summed E-state index contributed by atoms with van der Waals surface area (Å²) in [6.45, 7) is 0. The van der Waals surface area contributed by atoms with Gasteiger partial charge in [-0.25, -0.2) is 0 Å². The largest absolute Gasteiger partial charge is 0.496 e. The SMILES string of the molecule is COc1c2c(c(OC)c3c1[C@H]1[C@H]4[C@H]5[C@@H]3[C@H]3[C@@H]1[C@]1(Cl)C(OC)(OC)[C@@]3(Cl)[C@]5(Cl)[C@]41Cl)[C@H]1[C@@H]3[C@H]4[C@@H]2[C@H]2[C@@H]1[C@]1(Cl)C(OC)(OC)[C@@]2(Cl)[C@@]4(Cl)[C@]31Cl. The van der Waals surface area contributed by atoms with E-state index in [2.05, 4.69) is 0 Å². The van der Waals surface area contributed by atoms with Crippen molar-refractivity contribution in [3.8, 4) is 11.5 Å². The average molecular weight is 818 g/mol. The Bertz CT molecular complexity index is 1690. The lowest BCUT2D eigenvalue weighted by atomic mass is 9.44. The Labute approximate surface area is 317 Å². The molecule has 258 valence electrons. The van der Waals surface area contributed by atoms with Crippen LogP contribution in [0, 0.1) is 47.3 Å². The van der Waals surface area contributed by atoms with Crippen molar-refractivity contribution in [3.05, 3.63) is 22.3 Å². The minimum absolute atomic E-state index is 0.0607. The van der Waals surface area contributed by atoms with E-state index < -0.39 is 50.6 Å². The lowest BCUT2D eigenvalue weighted by Crippen LogP contribution is -2.73. The Kier molecular flexibility index (Phi) is 4.57. The lowest BCUT2D eigenvalue weighted by Gasteiger charge is -2.65. The maximum Gasteiger partial charge on any atom is 0.211 e. The predicted octanol–water partition coefficient (Wildman–Crippen LogP) is 6.93. The molecular formula is C34H30Cl8O6. The third-order valence-electron chi connectivity index (χ3n) is 17.9. The van der Waals surface area contributed by atoms with Gasteiger partial charge in [-0.2, -0.15) is 0 Å². The van der Waals surface area contributed by atoms with Crippen molar-refractivity contribution in [3.63, 3.8) is 0 Å². The highest BCUT2D eigenvalue weighted by Crippen LogP contribution is 3.05. The second-order valence-electron chi connectivity index (χ2n) is 16.8. The van der Waals surface area contributed by atoms with Gasteiger partial charge in [-0.15, -0.1) is 92.8 Å². The highest BCUT2D eigenvalue weighted by atomic mass is 35.5. The maximum absolute atomic E-state index is 7.93. The Balaban J connectivity index is 1.14. The molecule has 0 amide bonds. The van der Waals surface area contributed by atoms with Crippen molar-refractivity contribution in [2.24, 2.45) is 47.3 Å². The molecule has 0 aliphatic heterocycles. The molecule has 10 saturated carbocycles. The third-order valence-corrected chi connectivity index (χ3v) is 25.0. The molecule has 0 heterocycles. The van der Waals surface area contributed by atoms with E-state index in [4.69, 9.17) is 121 Å². The Morgan fingerprint density at radius 3 is 0.688 bits per heavy atom. The molecule has 48 heavy (non-hydrogen) atoms. The van der Waals surface area contributed by atoms with Crippen LogP contribution >= 0.6 is 92.8 Å². The second-order valence-corrected chi connectivity index (χ2v) is 21.5. The first-order valence-electron chi connectivity index (χ1n) is 16.7. The maximum atomic E-state index is 7.93. The molecule has 8 bridgehead atoms. The highest BCUT2D eigenvalue weighted by molar-refractivity contribution is 6.52. The minimum Gasteiger partial charge on any atom is -0.496 e. The quantitative estimate of drug-likeness (QED) is 0.230. The molecule has 1 aromatic carbocycles. The Hall–Kier alpha value is 0.980. The monoisotopic (exact) mass is 814 g/mol. The smallest absolute Gasteiger partial charge is 0.211 e. The average Bonchev–Trinajstić information content (AvgIpc) is 3.62. The van der Waals surface area contributed by atoms with Crippen LogP contribution in [0.2, 0.25) is 0 Å². The van der Waals surface area contributed by atoms with Crippen LogP contribution in [0.3, 0.4) is 0 Å². The van der Waals surface area contributed by atoms with E-state index in [0.29, 0.717) is 0 Å². The van der Waals surface area contributed by atoms with Gasteiger partial charge < -0.3 is 28.4 Å². The molecule has 14 aliphatic rings. The van der Waals surface area contributed by atoms with Gasteiger partial charge in [0.1, 0.15) is 31.0 Å². The molecule has 1 aromatic rings. The summed E-state index contributed by atoms with van der Waals surface area (Å²) in [7, 11) is 9.90. The molecule has 10 fully saturated rings. The molecule has 0 N–H and O–H groups in total. The fourth-order valence-corrected chi connectivity index (χ4v) is 25.0. The van der Waals surface area contributed by atoms with Crippen molar-refractivity contribution >= 4 is 92.8 Å². The van der Waals surface area contributed by atoms with Gasteiger partial charge in [0.05, 0.1) is 33.7 Å². The first-order valence-corrected chi connectivity index (χ1v) is 19.7. The summed E-state index contributed by atoms with van der Waals surface area (Å²) < 4.78 is 38.5. The summed E-state index contributed by atoms with van der Waals surface area (Å²) in [6.07, 6.45) is 0. The van der Waals surface area contributed by atoms with Gasteiger partial charge in [0.25, 0.3) is 0 Å². The summed E-state index contributed by atoms with van der Waals surface area (Å²) >= 11 is 63.1. The van der Waals surface area contributed by atoms with Crippen molar-refractivity contribution in [2.45, 2.75) is 74.2 Å². The zero-order chi connectivity index (χ0) is 33.6. The Morgan fingerprint density at radius 1 is 0.333 bits per heavy atom. The number of halogens is 8. The number of rotatable bonds is 6. The van der Waals surface area contributed by atoms with Gasteiger partial charge in [0.15, 0.2) is 0 Å². The number of ether oxygens (including phenoxy) is 6. The fraction of sp³-hybridized carbons (Fsp3) is 0.824. The highest BCUT2D eigenvalue weighted by Gasteiger charge is 3.14. The van der Waals surface area contributed by atoms with Crippen LogP contribution in [-0.2, 0) is 18.9 Å². The van der Waals surface area contributed by atoms with E-state index in [0.717, 1.165) is 33.8 Å². The van der Waals surface area contributed by atoms with Gasteiger partial charge in [-0.05, 0) is 71.0 Å².